The molecule has 2 aliphatic heterocycles. The summed E-state index contributed by atoms with van der Waals surface area (Å²) >= 11 is 0. The average Bonchev–Trinajstić information content (AvgIpc) is 3.07. The lowest BCUT2D eigenvalue weighted by Gasteiger charge is -2.33. The van der Waals surface area contributed by atoms with Crippen molar-refractivity contribution in [3.05, 3.63) is 0 Å². The van der Waals surface area contributed by atoms with Crippen LogP contribution < -0.4 is 5.32 Å². The number of carbonyl (C=O) groups is 2. The molecule has 0 aromatic rings. The molecule has 2 heterocycles. The minimum absolute atomic E-state index is 0.0304. The van der Waals surface area contributed by atoms with Gasteiger partial charge in [0.1, 0.15) is 0 Å². The van der Waals surface area contributed by atoms with E-state index >= 15 is 0 Å². The van der Waals surface area contributed by atoms with Gasteiger partial charge in [0.15, 0.2) is 0 Å². The Hall–Kier alpha value is -1.10. The second kappa shape index (κ2) is 9.26. The third-order valence-corrected chi connectivity index (χ3v) is 5.13. The number of nitrogens with one attached hydrogen (secondary N) is 1. The Bertz CT molecular complexity index is 394. The molecule has 0 spiro atoms. The summed E-state index contributed by atoms with van der Waals surface area (Å²) in [4.78, 5) is 29.0. The molecule has 2 amide bonds. The molecule has 0 radical (unpaired) electrons. The molecular formula is C18H33N3O2. The van der Waals surface area contributed by atoms with E-state index in [0.717, 1.165) is 51.9 Å². The Morgan fingerprint density at radius 2 is 1.87 bits per heavy atom. The molecule has 0 saturated carbocycles. The highest BCUT2D eigenvalue weighted by Crippen LogP contribution is 2.18. The van der Waals surface area contributed by atoms with Gasteiger partial charge in [0.2, 0.25) is 11.8 Å². The van der Waals surface area contributed by atoms with Gasteiger partial charge in [-0.3, -0.25) is 9.59 Å². The molecule has 132 valence electrons. The molecule has 2 saturated heterocycles. The zero-order valence-electron chi connectivity index (χ0n) is 14.9. The fraction of sp³-hybridized carbons (Fsp3) is 0.889. The summed E-state index contributed by atoms with van der Waals surface area (Å²) in [7, 11) is 0. The van der Waals surface area contributed by atoms with Crippen molar-refractivity contribution in [3.63, 3.8) is 0 Å². The van der Waals surface area contributed by atoms with E-state index in [0.29, 0.717) is 13.0 Å². The molecule has 0 aromatic carbocycles. The van der Waals surface area contributed by atoms with E-state index in [-0.39, 0.29) is 23.8 Å². The van der Waals surface area contributed by atoms with Crippen molar-refractivity contribution in [2.24, 2.45) is 5.92 Å². The van der Waals surface area contributed by atoms with Crippen LogP contribution in [-0.4, -0.2) is 60.4 Å². The van der Waals surface area contributed by atoms with Crippen molar-refractivity contribution in [2.75, 3.05) is 32.7 Å². The van der Waals surface area contributed by atoms with Crippen LogP contribution in [0.2, 0.25) is 0 Å². The lowest BCUT2D eigenvalue weighted by Crippen LogP contribution is -2.49. The van der Waals surface area contributed by atoms with E-state index in [1.807, 2.05) is 11.8 Å². The predicted octanol–water partition coefficient (Wildman–Crippen LogP) is 2.02. The number of hydrogen-bond acceptors (Lipinski definition) is 3. The summed E-state index contributed by atoms with van der Waals surface area (Å²) < 4.78 is 0. The quantitative estimate of drug-likeness (QED) is 0.780. The van der Waals surface area contributed by atoms with Crippen LogP contribution in [0.15, 0.2) is 0 Å². The molecule has 0 bridgehead atoms. The summed E-state index contributed by atoms with van der Waals surface area (Å²) in [6.45, 7) is 8.87. The Morgan fingerprint density at radius 1 is 1.13 bits per heavy atom. The molecule has 1 N–H and O–H groups in total. The van der Waals surface area contributed by atoms with E-state index in [1.54, 1.807) is 0 Å². The Kier molecular flexibility index (Phi) is 7.34. The van der Waals surface area contributed by atoms with Crippen LogP contribution in [0.4, 0.5) is 0 Å². The third kappa shape index (κ3) is 5.48. The molecule has 2 fully saturated rings. The summed E-state index contributed by atoms with van der Waals surface area (Å²) in [6.07, 6.45) is 6.84. The molecule has 0 aromatic heterocycles. The zero-order chi connectivity index (χ0) is 16.7. The minimum atomic E-state index is -0.0304. The zero-order valence-corrected chi connectivity index (χ0v) is 14.9. The van der Waals surface area contributed by atoms with E-state index in [2.05, 4.69) is 17.1 Å². The van der Waals surface area contributed by atoms with Gasteiger partial charge in [0, 0.05) is 32.1 Å². The number of nitrogens with zero attached hydrogens (tertiary/aromatic N) is 2. The van der Waals surface area contributed by atoms with Gasteiger partial charge >= 0.3 is 0 Å². The first-order valence-corrected chi connectivity index (χ1v) is 9.44. The summed E-state index contributed by atoms with van der Waals surface area (Å²) in [5, 5.41) is 3.24. The average molecular weight is 323 g/mol. The van der Waals surface area contributed by atoms with Crippen LogP contribution in [0.5, 0.6) is 0 Å². The fourth-order valence-corrected chi connectivity index (χ4v) is 3.66. The van der Waals surface area contributed by atoms with Crippen LogP contribution in [-0.2, 0) is 9.59 Å². The number of amides is 2. The summed E-state index contributed by atoms with van der Waals surface area (Å²) in [6, 6.07) is 0.238. The molecule has 0 aliphatic carbocycles. The standard InChI is InChI=1S/C18H33N3O2/c1-3-8-17(22)21-12-7-9-15(13-21)18(23)19-16(4-2)14-20-10-5-6-11-20/h15-16H,3-14H2,1-2H3,(H,19,23)/t15-,16-/m1/s1. The van der Waals surface area contributed by atoms with E-state index < -0.39 is 0 Å². The van der Waals surface area contributed by atoms with Crippen LogP contribution in [0, 0.1) is 5.92 Å². The smallest absolute Gasteiger partial charge is 0.225 e. The van der Waals surface area contributed by atoms with Crippen molar-refractivity contribution < 1.29 is 9.59 Å². The molecular weight excluding hydrogens is 290 g/mol. The molecule has 23 heavy (non-hydrogen) atoms. The maximum atomic E-state index is 12.6. The Balaban J connectivity index is 1.81. The SMILES string of the molecule is CCCC(=O)N1CCC[C@@H](C(=O)N[C@H](CC)CN2CCCC2)C1. The second-order valence-electron chi connectivity index (χ2n) is 7.05. The number of rotatable bonds is 7. The lowest BCUT2D eigenvalue weighted by atomic mass is 9.96. The number of piperidine rings is 1. The molecule has 2 rings (SSSR count). The van der Waals surface area contributed by atoms with E-state index in [1.165, 1.54) is 12.8 Å². The van der Waals surface area contributed by atoms with Crippen molar-refractivity contribution >= 4 is 11.8 Å². The van der Waals surface area contributed by atoms with E-state index in [4.69, 9.17) is 0 Å². The highest BCUT2D eigenvalue weighted by Gasteiger charge is 2.29. The van der Waals surface area contributed by atoms with Crippen LogP contribution in [0.3, 0.4) is 0 Å². The molecule has 5 heteroatoms. The van der Waals surface area contributed by atoms with Gasteiger partial charge in [-0.2, -0.15) is 0 Å². The largest absolute Gasteiger partial charge is 0.352 e. The van der Waals surface area contributed by atoms with Gasteiger partial charge < -0.3 is 15.1 Å². The topological polar surface area (TPSA) is 52.7 Å². The number of hydrogen-bond donors (Lipinski definition) is 1. The van der Waals surface area contributed by atoms with Gasteiger partial charge in [0.05, 0.1) is 5.92 Å². The second-order valence-corrected chi connectivity index (χ2v) is 7.05. The highest BCUT2D eigenvalue weighted by molar-refractivity contribution is 5.81. The minimum Gasteiger partial charge on any atom is -0.352 e. The van der Waals surface area contributed by atoms with Crippen molar-refractivity contribution in [2.45, 2.75) is 64.8 Å². The summed E-state index contributed by atoms with van der Waals surface area (Å²) in [5.41, 5.74) is 0. The highest BCUT2D eigenvalue weighted by atomic mass is 16.2. The normalized spacial score (nSPS) is 23.7. The fourth-order valence-electron chi connectivity index (χ4n) is 3.66. The summed E-state index contributed by atoms with van der Waals surface area (Å²) in [5.74, 6) is 0.316. The maximum absolute atomic E-state index is 12.6. The first-order chi connectivity index (χ1) is 11.1. The van der Waals surface area contributed by atoms with Crippen LogP contribution in [0.1, 0.15) is 58.8 Å². The molecule has 5 nitrogen and oxygen atoms in total. The third-order valence-electron chi connectivity index (χ3n) is 5.13. The predicted molar refractivity (Wildman–Crippen MR) is 92.1 cm³/mol. The Morgan fingerprint density at radius 3 is 2.52 bits per heavy atom. The van der Waals surface area contributed by atoms with Crippen LogP contribution >= 0.6 is 0 Å². The molecule has 2 aliphatic rings. The van der Waals surface area contributed by atoms with Crippen LogP contribution in [0.25, 0.3) is 0 Å². The van der Waals surface area contributed by atoms with Gasteiger partial charge in [-0.25, -0.2) is 0 Å². The van der Waals surface area contributed by atoms with E-state index in [9.17, 15) is 9.59 Å². The maximum Gasteiger partial charge on any atom is 0.225 e. The van der Waals surface area contributed by atoms with Gasteiger partial charge in [-0.05, 0) is 51.6 Å². The molecule has 0 unspecified atom stereocenters. The van der Waals surface area contributed by atoms with Crippen molar-refractivity contribution in [3.8, 4) is 0 Å². The molecule has 2 atom stereocenters. The lowest BCUT2D eigenvalue weighted by molar-refractivity contribution is -0.136. The van der Waals surface area contributed by atoms with Gasteiger partial charge in [-0.1, -0.05) is 13.8 Å². The van der Waals surface area contributed by atoms with Gasteiger partial charge in [-0.15, -0.1) is 0 Å². The van der Waals surface area contributed by atoms with Crippen molar-refractivity contribution in [1.29, 1.82) is 0 Å². The Labute approximate surface area is 140 Å². The number of likely N-dealkylation sites (tertiary alicyclic amines) is 2. The number of carbonyl (C=O) groups excluding carboxylic acids is 2. The monoisotopic (exact) mass is 323 g/mol. The first kappa shape index (κ1) is 18.2. The van der Waals surface area contributed by atoms with Crippen molar-refractivity contribution in [1.82, 2.24) is 15.1 Å². The first-order valence-electron chi connectivity index (χ1n) is 9.44. The van der Waals surface area contributed by atoms with Gasteiger partial charge in [0.25, 0.3) is 0 Å².